The fourth-order valence-corrected chi connectivity index (χ4v) is 2.40. The zero-order valence-electron chi connectivity index (χ0n) is 14.5. The molecule has 0 saturated heterocycles. The molecular weight excluding hydrogens is 394 g/mol. The molecule has 0 aromatic heterocycles. The third kappa shape index (κ3) is 8.15. The van der Waals surface area contributed by atoms with Gasteiger partial charge in [0, 0.05) is 12.1 Å². The minimum Gasteiger partial charge on any atom is -0.460 e. The summed E-state index contributed by atoms with van der Waals surface area (Å²) >= 11 is 0. The highest BCUT2D eigenvalue weighted by Gasteiger charge is 2.23. The van der Waals surface area contributed by atoms with E-state index in [0.29, 0.717) is 11.3 Å². The van der Waals surface area contributed by atoms with Gasteiger partial charge in [0.2, 0.25) is 0 Å². The Morgan fingerprint density at radius 2 is 1.93 bits per heavy atom. The van der Waals surface area contributed by atoms with E-state index in [0.717, 1.165) is 0 Å². The van der Waals surface area contributed by atoms with Gasteiger partial charge in [0.1, 0.15) is 12.6 Å². The molecule has 0 spiro atoms. The van der Waals surface area contributed by atoms with Gasteiger partial charge in [-0.05, 0) is 17.7 Å². The van der Waals surface area contributed by atoms with Gasteiger partial charge in [-0.2, -0.15) is 0 Å². The van der Waals surface area contributed by atoms with E-state index in [2.05, 4.69) is 35.4 Å². The van der Waals surface area contributed by atoms with Crippen LogP contribution in [0.3, 0.4) is 0 Å². The number of hydrogen-bond donors (Lipinski definition) is 2. The number of rotatable bonds is 8. The van der Waals surface area contributed by atoms with E-state index in [1.807, 2.05) is 0 Å². The van der Waals surface area contributed by atoms with Gasteiger partial charge in [0.25, 0.3) is 0 Å². The molecule has 1 aromatic rings. The molecule has 0 aliphatic rings. The SMILES string of the molecule is C=CCOC(=O)[C@H](Cc1ccc(NC(=O)C(=O)OPP)cc1)NC(=O)OC. The molecule has 0 aliphatic heterocycles. The third-order valence-electron chi connectivity index (χ3n) is 3.09. The molecule has 2 unspecified atom stereocenters. The van der Waals surface area contributed by atoms with Crippen molar-refractivity contribution in [3.63, 3.8) is 0 Å². The Kier molecular flexibility index (Phi) is 10.0. The molecule has 3 atom stereocenters. The van der Waals surface area contributed by atoms with Crippen LogP contribution in [0.4, 0.5) is 10.5 Å². The second-order valence-corrected chi connectivity index (χ2v) is 6.12. The van der Waals surface area contributed by atoms with E-state index >= 15 is 0 Å². The van der Waals surface area contributed by atoms with Crippen LogP contribution in [0.2, 0.25) is 0 Å². The van der Waals surface area contributed by atoms with Gasteiger partial charge in [-0.15, -0.1) is 0 Å². The average Bonchev–Trinajstić information content (AvgIpc) is 2.66. The van der Waals surface area contributed by atoms with Crippen molar-refractivity contribution in [3.05, 3.63) is 42.5 Å². The maximum Gasteiger partial charge on any atom is 0.407 e. The van der Waals surface area contributed by atoms with Crippen LogP contribution >= 0.6 is 17.4 Å². The second kappa shape index (κ2) is 12.0. The Morgan fingerprint density at radius 3 is 2.48 bits per heavy atom. The summed E-state index contributed by atoms with van der Waals surface area (Å²) in [6.45, 7) is 3.46. The Balaban J connectivity index is 2.77. The molecule has 27 heavy (non-hydrogen) atoms. The van der Waals surface area contributed by atoms with Crippen molar-refractivity contribution in [1.29, 1.82) is 0 Å². The first-order chi connectivity index (χ1) is 12.9. The number of ether oxygens (including phenoxy) is 2. The van der Waals surface area contributed by atoms with Crippen molar-refractivity contribution in [1.82, 2.24) is 5.32 Å². The van der Waals surface area contributed by atoms with E-state index < -0.39 is 30.0 Å². The molecule has 0 heterocycles. The zero-order valence-corrected chi connectivity index (χ0v) is 16.7. The standard InChI is InChI=1S/C16H20N2O7P2/c1-3-8-24-14(20)12(18-16(22)23-2)9-10-4-6-11(7-5-10)17-13(19)15(21)25-27-26/h3-7,12,27H,1,8-9,26H2,2H3,(H,17,19)(H,18,22)/t12-/m0/s1. The van der Waals surface area contributed by atoms with E-state index in [4.69, 9.17) is 4.74 Å². The van der Waals surface area contributed by atoms with E-state index in [1.165, 1.54) is 13.2 Å². The summed E-state index contributed by atoms with van der Waals surface area (Å²) in [4.78, 5) is 46.4. The molecule has 0 aliphatic carbocycles. The third-order valence-corrected chi connectivity index (χ3v) is 3.75. The number of alkyl carbamates (subject to hydrolysis) is 1. The van der Waals surface area contributed by atoms with Crippen LogP contribution in [-0.2, 0) is 34.8 Å². The highest BCUT2D eigenvalue weighted by Crippen LogP contribution is 2.21. The average molecular weight is 414 g/mol. The van der Waals surface area contributed by atoms with E-state index in [9.17, 15) is 19.2 Å². The normalized spacial score (nSPS) is 11.3. The molecule has 0 radical (unpaired) electrons. The highest BCUT2D eigenvalue weighted by molar-refractivity contribution is 8.00. The lowest BCUT2D eigenvalue weighted by Gasteiger charge is -2.17. The first-order valence-corrected chi connectivity index (χ1v) is 10.3. The van der Waals surface area contributed by atoms with Crippen LogP contribution in [0.1, 0.15) is 5.56 Å². The predicted octanol–water partition coefficient (Wildman–Crippen LogP) is 1.55. The van der Waals surface area contributed by atoms with Gasteiger partial charge in [-0.3, -0.25) is 4.79 Å². The van der Waals surface area contributed by atoms with E-state index in [-0.39, 0.29) is 21.5 Å². The molecule has 1 rings (SSSR count). The number of carbonyl (C=O) groups is 4. The minimum absolute atomic E-state index is 0.0100. The van der Waals surface area contributed by atoms with Crippen LogP contribution in [0, 0.1) is 0 Å². The Labute approximate surface area is 160 Å². The summed E-state index contributed by atoms with van der Waals surface area (Å²) in [5, 5.41) is 4.79. The predicted molar refractivity (Wildman–Crippen MR) is 103 cm³/mol. The number of carbonyl (C=O) groups excluding carboxylic acids is 4. The van der Waals surface area contributed by atoms with Crippen molar-refractivity contribution in [2.24, 2.45) is 0 Å². The quantitative estimate of drug-likeness (QED) is 0.218. The first-order valence-electron chi connectivity index (χ1n) is 7.60. The summed E-state index contributed by atoms with van der Waals surface area (Å²) in [6, 6.07) is 5.40. The molecule has 2 N–H and O–H groups in total. The number of amides is 2. The lowest BCUT2D eigenvalue weighted by Crippen LogP contribution is -2.43. The lowest BCUT2D eigenvalue weighted by molar-refractivity contribution is -0.145. The number of methoxy groups -OCH3 is 1. The fourth-order valence-electron chi connectivity index (χ4n) is 1.88. The van der Waals surface area contributed by atoms with Gasteiger partial charge >= 0.3 is 23.9 Å². The van der Waals surface area contributed by atoms with E-state index in [1.54, 1.807) is 24.3 Å². The van der Waals surface area contributed by atoms with Crippen molar-refractivity contribution >= 4 is 47.1 Å². The summed E-state index contributed by atoms with van der Waals surface area (Å²) in [6.07, 6.45) is 0.774. The van der Waals surface area contributed by atoms with Crippen LogP contribution in [0.25, 0.3) is 0 Å². The molecule has 0 fully saturated rings. The molecular formula is C16H20N2O7P2. The molecule has 2 amide bonds. The van der Waals surface area contributed by atoms with Crippen molar-refractivity contribution in [3.8, 4) is 0 Å². The van der Waals surface area contributed by atoms with Gasteiger partial charge in [0.05, 0.1) is 15.6 Å². The molecule has 9 nitrogen and oxygen atoms in total. The van der Waals surface area contributed by atoms with Crippen LogP contribution in [-0.4, -0.2) is 43.7 Å². The second-order valence-electron chi connectivity index (χ2n) is 4.97. The highest BCUT2D eigenvalue weighted by atomic mass is 32.0. The summed E-state index contributed by atoms with van der Waals surface area (Å²) in [5.74, 6) is -2.52. The van der Waals surface area contributed by atoms with Gasteiger partial charge in [-0.1, -0.05) is 33.7 Å². The van der Waals surface area contributed by atoms with Gasteiger partial charge in [-0.25, -0.2) is 14.4 Å². The monoisotopic (exact) mass is 414 g/mol. The first kappa shape index (κ1) is 22.5. The van der Waals surface area contributed by atoms with Crippen LogP contribution in [0.15, 0.2) is 36.9 Å². The number of esters is 1. The molecule has 11 heteroatoms. The minimum atomic E-state index is -0.986. The van der Waals surface area contributed by atoms with Crippen LogP contribution < -0.4 is 10.6 Å². The lowest BCUT2D eigenvalue weighted by atomic mass is 10.1. The maximum absolute atomic E-state index is 12.1. The number of nitrogens with one attached hydrogen (secondary N) is 2. The Hall–Kier alpha value is -2.50. The fraction of sp³-hybridized carbons (Fsp3) is 0.250. The van der Waals surface area contributed by atoms with Crippen molar-refractivity contribution in [2.45, 2.75) is 12.5 Å². The van der Waals surface area contributed by atoms with Crippen LogP contribution in [0.5, 0.6) is 0 Å². The smallest absolute Gasteiger partial charge is 0.407 e. The number of benzene rings is 1. The summed E-state index contributed by atoms with van der Waals surface area (Å²) in [5.41, 5.74) is 1.05. The number of hydrogen-bond acceptors (Lipinski definition) is 7. The van der Waals surface area contributed by atoms with Crippen molar-refractivity contribution < 1.29 is 33.2 Å². The molecule has 0 bridgehead atoms. The summed E-state index contributed by atoms with van der Waals surface area (Å²) in [7, 11) is 3.17. The number of anilines is 1. The molecule has 0 saturated carbocycles. The van der Waals surface area contributed by atoms with Gasteiger partial charge < -0.3 is 24.6 Å². The van der Waals surface area contributed by atoms with Crippen molar-refractivity contribution in [2.75, 3.05) is 19.0 Å². The molecule has 146 valence electrons. The largest absolute Gasteiger partial charge is 0.460 e. The zero-order chi connectivity index (χ0) is 20.2. The summed E-state index contributed by atoms with van der Waals surface area (Å²) < 4.78 is 14.1. The van der Waals surface area contributed by atoms with Gasteiger partial charge in [0.15, 0.2) is 0 Å². The Bertz CT molecular complexity index is 695. The Morgan fingerprint density at radius 1 is 1.26 bits per heavy atom. The molecule has 1 aromatic carbocycles. The topological polar surface area (TPSA) is 120 Å². The maximum atomic E-state index is 12.1.